The maximum Gasteiger partial charge on any atom is 0.407 e. The summed E-state index contributed by atoms with van der Waals surface area (Å²) < 4.78 is 18.9. The Kier molecular flexibility index (Phi) is 8.42. The van der Waals surface area contributed by atoms with Gasteiger partial charge in [0.1, 0.15) is 6.61 Å². The first-order valence-corrected chi connectivity index (χ1v) is 14.2. The van der Waals surface area contributed by atoms with Crippen LogP contribution in [0.15, 0.2) is 61.1 Å². The van der Waals surface area contributed by atoms with Crippen LogP contribution in [0.4, 0.5) is 10.5 Å². The lowest BCUT2D eigenvalue weighted by Gasteiger charge is -2.44. The van der Waals surface area contributed by atoms with Crippen LogP contribution in [-0.2, 0) is 13.2 Å². The van der Waals surface area contributed by atoms with Gasteiger partial charge in [-0.05, 0) is 75.6 Å². The molecule has 2 aromatic heterocycles. The molecule has 2 aromatic carbocycles. The van der Waals surface area contributed by atoms with Gasteiger partial charge in [0.2, 0.25) is 5.88 Å². The molecule has 1 aliphatic heterocycles. The molecular formula is C32H39N5O5. The predicted molar refractivity (Wildman–Crippen MR) is 162 cm³/mol. The summed E-state index contributed by atoms with van der Waals surface area (Å²) in [7, 11) is 3.23. The van der Waals surface area contributed by atoms with Crippen LogP contribution in [0, 0.1) is 0 Å². The number of carbonyl (C=O) groups is 1. The average Bonchev–Trinajstić information content (AvgIpc) is 3.37. The van der Waals surface area contributed by atoms with Gasteiger partial charge < -0.3 is 33.7 Å². The molecule has 1 N–H and O–H groups in total. The van der Waals surface area contributed by atoms with Crippen LogP contribution in [0.5, 0.6) is 17.4 Å². The Bertz CT molecular complexity index is 1520. The third-order valence-electron chi connectivity index (χ3n) is 7.71. The van der Waals surface area contributed by atoms with Crippen LogP contribution in [0.1, 0.15) is 44.7 Å². The van der Waals surface area contributed by atoms with Gasteiger partial charge in [0.15, 0.2) is 11.5 Å². The van der Waals surface area contributed by atoms with E-state index in [0.717, 1.165) is 53.8 Å². The van der Waals surface area contributed by atoms with Crippen molar-refractivity contribution in [2.24, 2.45) is 0 Å². The molecular weight excluding hydrogens is 534 g/mol. The number of imidazole rings is 1. The molecule has 4 aromatic rings. The summed E-state index contributed by atoms with van der Waals surface area (Å²) in [5.41, 5.74) is 4.66. The minimum atomic E-state index is -0.848. The third kappa shape index (κ3) is 6.37. The lowest BCUT2D eigenvalue weighted by atomic mass is 9.96. The van der Waals surface area contributed by atoms with Crippen molar-refractivity contribution in [1.82, 2.24) is 19.4 Å². The zero-order valence-electron chi connectivity index (χ0n) is 24.9. The highest BCUT2D eigenvalue weighted by Crippen LogP contribution is 2.31. The van der Waals surface area contributed by atoms with Crippen molar-refractivity contribution < 1.29 is 24.1 Å². The Morgan fingerprint density at radius 3 is 2.38 bits per heavy atom. The number of anilines is 1. The quantitative estimate of drug-likeness (QED) is 0.267. The van der Waals surface area contributed by atoms with E-state index >= 15 is 0 Å². The van der Waals surface area contributed by atoms with Gasteiger partial charge in [-0.2, -0.15) is 0 Å². The van der Waals surface area contributed by atoms with Gasteiger partial charge in [-0.1, -0.05) is 6.07 Å². The Labute approximate surface area is 246 Å². The van der Waals surface area contributed by atoms with Gasteiger partial charge in [-0.3, -0.25) is 0 Å². The molecule has 3 heterocycles. The van der Waals surface area contributed by atoms with Gasteiger partial charge in [-0.15, -0.1) is 0 Å². The Hall–Kier alpha value is -4.47. The normalized spacial score (nSPS) is 14.2. The number of carboxylic acid groups (broad SMARTS) is 1. The lowest BCUT2D eigenvalue weighted by Crippen LogP contribution is -2.54. The number of ether oxygens (including phenoxy) is 3. The summed E-state index contributed by atoms with van der Waals surface area (Å²) in [5, 5.41) is 9.78. The van der Waals surface area contributed by atoms with Gasteiger partial charge in [-0.25, -0.2) is 14.8 Å². The molecule has 0 saturated carbocycles. The number of rotatable bonds is 9. The van der Waals surface area contributed by atoms with E-state index in [1.54, 1.807) is 25.3 Å². The second kappa shape index (κ2) is 12.2. The Morgan fingerprint density at radius 2 is 1.74 bits per heavy atom. The first-order chi connectivity index (χ1) is 20.2. The number of hydrogen-bond acceptors (Lipinski definition) is 7. The molecule has 0 atom stereocenters. The van der Waals surface area contributed by atoms with E-state index in [0.29, 0.717) is 30.5 Å². The molecule has 0 bridgehead atoms. The highest BCUT2D eigenvalue weighted by molar-refractivity contribution is 5.80. The van der Waals surface area contributed by atoms with E-state index in [9.17, 15) is 9.90 Å². The van der Waals surface area contributed by atoms with E-state index in [1.807, 2.05) is 57.4 Å². The summed E-state index contributed by atoms with van der Waals surface area (Å²) >= 11 is 0. The van der Waals surface area contributed by atoms with E-state index in [4.69, 9.17) is 14.2 Å². The summed E-state index contributed by atoms with van der Waals surface area (Å²) in [6, 6.07) is 16.1. The topological polar surface area (TPSA) is 102 Å². The summed E-state index contributed by atoms with van der Waals surface area (Å²) in [5.74, 6) is 1.89. The zero-order chi connectivity index (χ0) is 29.9. The molecule has 222 valence electrons. The Balaban J connectivity index is 1.23. The molecule has 1 fully saturated rings. The first-order valence-electron chi connectivity index (χ1n) is 14.2. The van der Waals surface area contributed by atoms with Gasteiger partial charge in [0, 0.05) is 54.7 Å². The van der Waals surface area contributed by atoms with Crippen LogP contribution >= 0.6 is 0 Å². The van der Waals surface area contributed by atoms with Gasteiger partial charge in [0.05, 0.1) is 31.6 Å². The molecule has 10 nitrogen and oxygen atoms in total. The monoisotopic (exact) mass is 573 g/mol. The fourth-order valence-corrected chi connectivity index (χ4v) is 5.65. The van der Waals surface area contributed by atoms with Crippen molar-refractivity contribution in [3.63, 3.8) is 0 Å². The molecule has 0 aliphatic carbocycles. The standard InChI is InChI=1S/C32H39N5O5/c1-32(2,3)37(31(38)39)24-12-14-35(15-13-24)25-8-9-27-26(17-25)34-21-36(27)19-22-6-10-28(29(16-22)40-4)42-20-23-7-11-30(41-5)33-18-23/h6-11,16-18,21,24H,12-15,19-20H2,1-5H3,(H,38,39). The molecule has 1 aliphatic rings. The minimum absolute atomic E-state index is 0.0231. The number of benzene rings is 2. The lowest BCUT2D eigenvalue weighted by molar-refractivity contribution is 0.0616. The second-order valence-corrected chi connectivity index (χ2v) is 11.6. The van der Waals surface area contributed by atoms with Crippen molar-refractivity contribution in [1.29, 1.82) is 0 Å². The smallest absolute Gasteiger partial charge is 0.407 e. The third-order valence-corrected chi connectivity index (χ3v) is 7.71. The van der Waals surface area contributed by atoms with E-state index in [2.05, 4.69) is 37.6 Å². The maximum absolute atomic E-state index is 11.9. The molecule has 10 heteroatoms. The molecule has 5 rings (SSSR count). The number of aromatic nitrogens is 3. The van der Waals surface area contributed by atoms with Gasteiger partial charge in [0.25, 0.3) is 0 Å². The zero-order valence-corrected chi connectivity index (χ0v) is 24.9. The van der Waals surface area contributed by atoms with Crippen molar-refractivity contribution in [2.75, 3.05) is 32.2 Å². The molecule has 1 saturated heterocycles. The van der Waals surface area contributed by atoms with E-state index < -0.39 is 11.6 Å². The number of methoxy groups -OCH3 is 2. The van der Waals surface area contributed by atoms with Crippen LogP contribution in [0.25, 0.3) is 11.0 Å². The predicted octanol–water partition coefficient (Wildman–Crippen LogP) is 5.82. The molecule has 0 unspecified atom stereocenters. The van der Waals surface area contributed by atoms with Crippen molar-refractivity contribution in [3.05, 3.63) is 72.2 Å². The number of amides is 1. The van der Waals surface area contributed by atoms with Crippen LogP contribution in [0.3, 0.4) is 0 Å². The van der Waals surface area contributed by atoms with Crippen LogP contribution in [0.2, 0.25) is 0 Å². The average molecular weight is 574 g/mol. The largest absolute Gasteiger partial charge is 0.493 e. The summed E-state index contributed by atoms with van der Waals surface area (Å²) in [6.07, 6.45) is 4.35. The van der Waals surface area contributed by atoms with Gasteiger partial charge >= 0.3 is 6.09 Å². The van der Waals surface area contributed by atoms with E-state index in [-0.39, 0.29) is 6.04 Å². The second-order valence-electron chi connectivity index (χ2n) is 11.6. The molecule has 0 radical (unpaired) electrons. The van der Waals surface area contributed by atoms with E-state index in [1.165, 1.54) is 0 Å². The number of piperidine rings is 1. The number of nitrogens with zero attached hydrogens (tertiary/aromatic N) is 5. The SMILES string of the molecule is COc1ccc(COc2ccc(Cn3cnc4cc(N5CCC(N(C(=O)O)C(C)(C)C)CC5)ccc43)cc2OC)cn1. The van der Waals surface area contributed by atoms with Crippen molar-refractivity contribution in [2.45, 2.75) is 58.3 Å². The molecule has 1 amide bonds. The number of hydrogen-bond donors (Lipinski definition) is 1. The fraction of sp³-hybridized carbons (Fsp3) is 0.406. The summed E-state index contributed by atoms with van der Waals surface area (Å²) in [4.78, 5) is 24.8. The Morgan fingerprint density at radius 1 is 0.976 bits per heavy atom. The molecule has 0 spiro atoms. The maximum atomic E-state index is 11.9. The fourth-order valence-electron chi connectivity index (χ4n) is 5.65. The van der Waals surface area contributed by atoms with Crippen molar-refractivity contribution in [3.8, 4) is 17.4 Å². The minimum Gasteiger partial charge on any atom is -0.493 e. The first kappa shape index (κ1) is 29.0. The molecule has 42 heavy (non-hydrogen) atoms. The highest BCUT2D eigenvalue weighted by atomic mass is 16.5. The van der Waals surface area contributed by atoms with Crippen LogP contribution < -0.4 is 19.1 Å². The summed E-state index contributed by atoms with van der Waals surface area (Å²) in [6.45, 7) is 8.49. The number of pyridine rings is 1. The number of fused-ring (bicyclic) bond motifs is 1. The van der Waals surface area contributed by atoms with Crippen LogP contribution in [-0.4, -0.2) is 69.5 Å². The highest BCUT2D eigenvalue weighted by Gasteiger charge is 2.35. The van der Waals surface area contributed by atoms with Crippen molar-refractivity contribution >= 4 is 22.8 Å².